The van der Waals surface area contributed by atoms with Gasteiger partial charge in [-0.25, -0.2) is 0 Å². The van der Waals surface area contributed by atoms with Crippen molar-refractivity contribution in [2.45, 2.75) is 26.2 Å². The van der Waals surface area contributed by atoms with E-state index in [4.69, 9.17) is 10.2 Å². The summed E-state index contributed by atoms with van der Waals surface area (Å²) < 4.78 is 0. The van der Waals surface area contributed by atoms with E-state index in [2.05, 4.69) is 0 Å². The Morgan fingerprint density at radius 1 is 1.11 bits per heavy atom. The Balaban J connectivity index is 2.53. The van der Waals surface area contributed by atoms with Gasteiger partial charge in [0.05, 0.1) is 11.8 Å². The third-order valence-corrected chi connectivity index (χ3v) is 3.03. The molecule has 0 bridgehead atoms. The van der Waals surface area contributed by atoms with Gasteiger partial charge in [-0.3, -0.25) is 9.59 Å². The maximum atomic E-state index is 11.1. The summed E-state index contributed by atoms with van der Waals surface area (Å²) in [5.74, 6) is -3.09. The minimum Gasteiger partial charge on any atom is -0.481 e. The van der Waals surface area contributed by atoms with Gasteiger partial charge in [0.1, 0.15) is 0 Å². The number of carboxylic acid groups (broad SMARTS) is 2. The van der Waals surface area contributed by atoms with Crippen molar-refractivity contribution in [3.8, 4) is 0 Å². The first kappa shape index (κ1) is 14.2. The molecule has 0 saturated carbocycles. The molecule has 0 spiro atoms. The molecule has 1 aromatic carbocycles. The van der Waals surface area contributed by atoms with Gasteiger partial charge in [-0.05, 0) is 24.8 Å². The molecule has 0 aromatic heterocycles. The lowest BCUT2D eigenvalue weighted by Crippen LogP contribution is -2.21. The zero-order valence-electron chi connectivity index (χ0n) is 10.4. The van der Waals surface area contributed by atoms with Gasteiger partial charge in [-0.2, -0.15) is 0 Å². The van der Waals surface area contributed by atoms with Crippen molar-refractivity contribution < 1.29 is 19.8 Å². The van der Waals surface area contributed by atoms with Crippen LogP contribution in [0.25, 0.3) is 0 Å². The van der Waals surface area contributed by atoms with E-state index in [0.29, 0.717) is 12.8 Å². The monoisotopic (exact) mass is 250 g/mol. The minimum absolute atomic E-state index is 0.178. The molecule has 2 N–H and O–H groups in total. The zero-order chi connectivity index (χ0) is 13.5. The zero-order valence-corrected chi connectivity index (χ0v) is 10.4. The summed E-state index contributed by atoms with van der Waals surface area (Å²) >= 11 is 0. The third kappa shape index (κ3) is 4.57. The fourth-order valence-electron chi connectivity index (χ4n) is 1.86. The molecule has 18 heavy (non-hydrogen) atoms. The van der Waals surface area contributed by atoms with E-state index in [9.17, 15) is 9.59 Å². The molecule has 1 aromatic rings. The SMILES string of the molecule is CC(C[C@@H](CCc1ccccc1)C(=O)O)C(=O)O. The van der Waals surface area contributed by atoms with Crippen molar-refractivity contribution in [2.75, 3.05) is 0 Å². The molecule has 0 heterocycles. The topological polar surface area (TPSA) is 74.6 Å². The van der Waals surface area contributed by atoms with E-state index >= 15 is 0 Å². The molecule has 98 valence electrons. The van der Waals surface area contributed by atoms with Gasteiger partial charge < -0.3 is 10.2 Å². The number of aliphatic carboxylic acids is 2. The second kappa shape index (κ2) is 6.79. The van der Waals surface area contributed by atoms with E-state index in [-0.39, 0.29) is 6.42 Å². The average Bonchev–Trinajstić information content (AvgIpc) is 2.34. The lowest BCUT2D eigenvalue weighted by molar-refractivity contribution is -0.145. The number of hydrogen-bond acceptors (Lipinski definition) is 2. The summed E-state index contributed by atoms with van der Waals surface area (Å²) in [5, 5.41) is 17.9. The van der Waals surface area contributed by atoms with Crippen molar-refractivity contribution in [3.05, 3.63) is 35.9 Å². The van der Waals surface area contributed by atoms with Crippen LogP contribution in [0.1, 0.15) is 25.3 Å². The average molecular weight is 250 g/mol. The lowest BCUT2D eigenvalue weighted by Gasteiger charge is -2.14. The van der Waals surface area contributed by atoms with Crippen molar-refractivity contribution in [2.24, 2.45) is 11.8 Å². The van der Waals surface area contributed by atoms with Gasteiger partial charge >= 0.3 is 11.9 Å². The quantitative estimate of drug-likeness (QED) is 0.779. The van der Waals surface area contributed by atoms with Gasteiger partial charge in [-0.15, -0.1) is 0 Å². The van der Waals surface area contributed by atoms with Gasteiger partial charge in [-0.1, -0.05) is 37.3 Å². The molecule has 1 unspecified atom stereocenters. The molecule has 0 aliphatic rings. The van der Waals surface area contributed by atoms with Crippen LogP contribution in [0, 0.1) is 11.8 Å². The smallest absolute Gasteiger partial charge is 0.306 e. The molecule has 0 amide bonds. The number of carbonyl (C=O) groups is 2. The van der Waals surface area contributed by atoms with Crippen LogP contribution in [0.4, 0.5) is 0 Å². The lowest BCUT2D eigenvalue weighted by atomic mass is 9.90. The van der Waals surface area contributed by atoms with E-state index in [1.54, 1.807) is 6.92 Å². The molecular weight excluding hydrogens is 232 g/mol. The Kier molecular flexibility index (Phi) is 5.36. The Bertz CT molecular complexity index is 400. The predicted octanol–water partition coefficient (Wildman–Crippen LogP) is 2.43. The summed E-state index contributed by atoms with van der Waals surface area (Å²) in [4.78, 5) is 21.8. The van der Waals surface area contributed by atoms with Crippen LogP contribution in [-0.4, -0.2) is 22.2 Å². The van der Waals surface area contributed by atoms with Crippen molar-refractivity contribution in [3.63, 3.8) is 0 Å². The van der Waals surface area contributed by atoms with Gasteiger partial charge in [0.25, 0.3) is 0 Å². The summed E-state index contributed by atoms with van der Waals surface area (Å²) in [6.07, 6.45) is 1.30. The van der Waals surface area contributed by atoms with E-state index < -0.39 is 23.8 Å². The number of rotatable bonds is 7. The standard InChI is InChI=1S/C14H18O4/c1-10(13(15)16)9-12(14(17)18)8-7-11-5-3-2-4-6-11/h2-6,10,12H,7-9H2,1H3,(H,15,16)(H,17,18)/t10?,12-/m1/s1. The Labute approximate surface area is 106 Å². The fourth-order valence-corrected chi connectivity index (χ4v) is 1.86. The van der Waals surface area contributed by atoms with Crippen LogP contribution in [0.15, 0.2) is 30.3 Å². The maximum absolute atomic E-state index is 11.1. The van der Waals surface area contributed by atoms with E-state index in [1.807, 2.05) is 30.3 Å². The minimum atomic E-state index is -0.944. The van der Waals surface area contributed by atoms with Crippen molar-refractivity contribution in [1.29, 1.82) is 0 Å². The predicted molar refractivity (Wildman–Crippen MR) is 67.3 cm³/mol. The molecule has 0 radical (unpaired) electrons. The number of aryl methyl sites for hydroxylation is 1. The molecule has 0 aliphatic carbocycles. The molecule has 4 nitrogen and oxygen atoms in total. The maximum Gasteiger partial charge on any atom is 0.306 e. The fraction of sp³-hybridized carbons (Fsp3) is 0.429. The second-order valence-electron chi connectivity index (χ2n) is 4.53. The largest absolute Gasteiger partial charge is 0.481 e. The first-order valence-electron chi connectivity index (χ1n) is 6.00. The highest BCUT2D eigenvalue weighted by atomic mass is 16.4. The van der Waals surface area contributed by atoms with Crippen LogP contribution in [0.3, 0.4) is 0 Å². The highest BCUT2D eigenvalue weighted by Crippen LogP contribution is 2.19. The molecular formula is C14H18O4. The Morgan fingerprint density at radius 3 is 2.22 bits per heavy atom. The molecule has 2 atom stereocenters. The first-order chi connectivity index (χ1) is 8.50. The normalized spacial score (nSPS) is 13.8. The summed E-state index contributed by atoms with van der Waals surface area (Å²) in [6, 6.07) is 9.61. The molecule has 0 saturated heterocycles. The van der Waals surface area contributed by atoms with Crippen LogP contribution in [0.2, 0.25) is 0 Å². The third-order valence-electron chi connectivity index (χ3n) is 3.03. The van der Waals surface area contributed by atoms with Crippen molar-refractivity contribution >= 4 is 11.9 Å². The number of carboxylic acids is 2. The molecule has 0 aliphatic heterocycles. The van der Waals surface area contributed by atoms with Gasteiger partial charge in [0.2, 0.25) is 0 Å². The Morgan fingerprint density at radius 2 is 1.72 bits per heavy atom. The summed E-state index contributed by atoms with van der Waals surface area (Å²) in [5.41, 5.74) is 1.08. The van der Waals surface area contributed by atoms with Crippen LogP contribution in [-0.2, 0) is 16.0 Å². The van der Waals surface area contributed by atoms with Crippen LogP contribution in [0.5, 0.6) is 0 Å². The van der Waals surface area contributed by atoms with E-state index in [0.717, 1.165) is 5.56 Å². The summed E-state index contributed by atoms with van der Waals surface area (Å²) in [6.45, 7) is 1.54. The molecule has 0 fully saturated rings. The second-order valence-corrected chi connectivity index (χ2v) is 4.53. The Hall–Kier alpha value is -1.84. The highest BCUT2D eigenvalue weighted by Gasteiger charge is 2.23. The highest BCUT2D eigenvalue weighted by molar-refractivity contribution is 5.73. The van der Waals surface area contributed by atoms with Crippen LogP contribution >= 0.6 is 0 Å². The number of benzene rings is 1. The van der Waals surface area contributed by atoms with Crippen molar-refractivity contribution in [1.82, 2.24) is 0 Å². The van der Waals surface area contributed by atoms with Gasteiger partial charge in [0, 0.05) is 0 Å². The van der Waals surface area contributed by atoms with Crippen LogP contribution < -0.4 is 0 Å². The first-order valence-corrected chi connectivity index (χ1v) is 6.00. The summed E-state index contributed by atoms with van der Waals surface area (Å²) in [7, 11) is 0. The molecule has 4 heteroatoms. The number of hydrogen-bond donors (Lipinski definition) is 2. The van der Waals surface area contributed by atoms with Gasteiger partial charge in [0.15, 0.2) is 0 Å². The molecule has 1 rings (SSSR count). The van der Waals surface area contributed by atoms with E-state index in [1.165, 1.54) is 0 Å².